The van der Waals surface area contributed by atoms with E-state index in [1.165, 1.54) is 0 Å². The predicted octanol–water partition coefficient (Wildman–Crippen LogP) is 3.41. The standard InChI is InChI=1S/C18H23N3O2/c1-12(2)21(13(3)4)18(22)17-14(7-6-8-16(17)23-5)15-11-19-9-10-20-15/h6-13H,1-5H3. The minimum Gasteiger partial charge on any atom is -0.496 e. The van der Waals surface area contributed by atoms with Gasteiger partial charge in [0.1, 0.15) is 5.75 Å². The smallest absolute Gasteiger partial charge is 0.258 e. The summed E-state index contributed by atoms with van der Waals surface area (Å²) in [6, 6.07) is 5.70. The maximum atomic E-state index is 13.2. The van der Waals surface area contributed by atoms with E-state index in [0.29, 0.717) is 17.0 Å². The summed E-state index contributed by atoms with van der Waals surface area (Å²) in [6.45, 7) is 8.04. The van der Waals surface area contributed by atoms with Crippen molar-refractivity contribution in [1.82, 2.24) is 14.9 Å². The van der Waals surface area contributed by atoms with E-state index >= 15 is 0 Å². The highest BCUT2D eigenvalue weighted by molar-refractivity contribution is 6.03. The van der Waals surface area contributed by atoms with Crippen molar-refractivity contribution < 1.29 is 9.53 Å². The van der Waals surface area contributed by atoms with E-state index in [4.69, 9.17) is 4.74 Å². The number of methoxy groups -OCH3 is 1. The number of ether oxygens (including phenoxy) is 1. The van der Waals surface area contributed by atoms with E-state index in [2.05, 4.69) is 9.97 Å². The number of nitrogens with zero attached hydrogens (tertiary/aromatic N) is 3. The van der Waals surface area contributed by atoms with E-state index in [1.807, 2.05) is 44.7 Å². The molecule has 1 aromatic carbocycles. The average molecular weight is 313 g/mol. The van der Waals surface area contributed by atoms with Gasteiger partial charge < -0.3 is 9.64 Å². The van der Waals surface area contributed by atoms with Crippen LogP contribution in [0.1, 0.15) is 38.1 Å². The normalized spacial score (nSPS) is 10.9. The molecule has 0 saturated carbocycles. The van der Waals surface area contributed by atoms with Gasteiger partial charge in [0.2, 0.25) is 0 Å². The largest absolute Gasteiger partial charge is 0.496 e. The number of hydrogen-bond donors (Lipinski definition) is 0. The first-order valence-electron chi connectivity index (χ1n) is 7.73. The fraction of sp³-hybridized carbons (Fsp3) is 0.389. The van der Waals surface area contributed by atoms with Gasteiger partial charge in [0, 0.05) is 30.0 Å². The molecule has 5 nitrogen and oxygen atoms in total. The molecule has 1 aromatic heterocycles. The second-order valence-electron chi connectivity index (χ2n) is 5.87. The van der Waals surface area contributed by atoms with Crippen LogP contribution < -0.4 is 4.74 Å². The molecule has 1 heterocycles. The zero-order chi connectivity index (χ0) is 17.0. The molecular weight excluding hydrogens is 290 g/mol. The van der Waals surface area contributed by atoms with Crippen molar-refractivity contribution in [2.45, 2.75) is 39.8 Å². The van der Waals surface area contributed by atoms with Crippen molar-refractivity contribution in [3.63, 3.8) is 0 Å². The van der Waals surface area contributed by atoms with Gasteiger partial charge in [-0.1, -0.05) is 12.1 Å². The summed E-state index contributed by atoms with van der Waals surface area (Å²) in [5.41, 5.74) is 1.91. The van der Waals surface area contributed by atoms with Crippen molar-refractivity contribution >= 4 is 5.91 Å². The fourth-order valence-electron chi connectivity index (χ4n) is 2.77. The lowest BCUT2D eigenvalue weighted by Crippen LogP contribution is -2.42. The lowest BCUT2D eigenvalue weighted by molar-refractivity contribution is 0.0641. The second kappa shape index (κ2) is 7.22. The van der Waals surface area contributed by atoms with Gasteiger partial charge in [0.25, 0.3) is 5.91 Å². The molecule has 0 spiro atoms. The van der Waals surface area contributed by atoms with Crippen LogP contribution in [-0.4, -0.2) is 40.0 Å². The Morgan fingerprint density at radius 1 is 1.13 bits per heavy atom. The number of hydrogen-bond acceptors (Lipinski definition) is 4. The highest BCUT2D eigenvalue weighted by Crippen LogP contribution is 2.31. The molecule has 0 N–H and O–H groups in total. The number of carbonyl (C=O) groups excluding carboxylic acids is 1. The number of carbonyl (C=O) groups is 1. The number of benzene rings is 1. The van der Waals surface area contributed by atoms with Gasteiger partial charge >= 0.3 is 0 Å². The van der Waals surface area contributed by atoms with Gasteiger partial charge in [-0.25, -0.2) is 0 Å². The van der Waals surface area contributed by atoms with E-state index in [1.54, 1.807) is 31.8 Å². The van der Waals surface area contributed by atoms with Crippen LogP contribution in [0.2, 0.25) is 0 Å². The topological polar surface area (TPSA) is 55.3 Å². The van der Waals surface area contributed by atoms with Crippen LogP contribution in [0.3, 0.4) is 0 Å². The Morgan fingerprint density at radius 2 is 1.83 bits per heavy atom. The predicted molar refractivity (Wildman–Crippen MR) is 90.5 cm³/mol. The Labute approximate surface area is 137 Å². The molecule has 0 aliphatic carbocycles. The van der Waals surface area contributed by atoms with Crippen LogP contribution in [0.4, 0.5) is 0 Å². The van der Waals surface area contributed by atoms with Gasteiger partial charge in [-0.2, -0.15) is 0 Å². The van der Waals surface area contributed by atoms with Crippen LogP contribution in [-0.2, 0) is 0 Å². The molecule has 23 heavy (non-hydrogen) atoms. The number of rotatable bonds is 5. The minimum absolute atomic E-state index is 0.0619. The lowest BCUT2D eigenvalue weighted by atomic mass is 10.0. The highest BCUT2D eigenvalue weighted by atomic mass is 16.5. The van der Waals surface area contributed by atoms with Crippen molar-refractivity contribution in [2.75, 3.05) is 7.11 Å². The Morgan fingerprint density at radius 3 is 2.35 bits per heavy atom. The first-order valence-corrected chi connectivity index (χ1v) is 7.73. The molecule has 2 aromatic rings. The highest BCUT2D eigenvalue weighted by Gasteiger charge is 2.27. The summed E-state index contributed by atoms with van der Waals surface area (Å²) in [4.78, 5) is 23.5. The molecule has 0 unspecified atom stereocenters. The lowest BCUT2D eigenvalue weighted by Gasteiger charge is -2.32. The molecule has 122 valence electrons. The number of amides is 1. The number of aromatic nitrogens is 2. The monoisotopic (exact) mass is 313 g/mol. The second-order valence-corrected chi connectivity index (χ2v) is 5.87. The van der Waals surface area contributed by atoms with Gasteiger partial charge in [0.05, 0.1) is 24.6 Å². The molecule has 1 amide bonds. The van der Waals surface area contributed by atoms with Crippen LogP contribution in [0.25, 0.3) is 11.3 Å². The fourth-order valence-corrected chi connectivity index (χ4v) is 2.77. The molecule has 0 radical (unpaired) electrons. The van der Waals surface area contributed by atoms with Gasteiger partial charge in [-0.05, 0) is 33.8 Å². The summed E-state index contributed by atoms with van der Waals surface area (Å²) in [5, 5.41) is 0. The zero-order valence-electron chi connectivity index (χ0n) is 14.3. The minimum atomic E-state index is -0.0619. The summed E-state index contributed by atoms with van der Waals surface area (Å²) in [5.74, 6) is 0.484. The van der Waals surface area contributed by atoms with E-state index < -0.39 is 0 Å². The molecule has 0 saturated heterocycles. The Balaban J connectivity index is 2.62. The summed E-state index contributed by atoms with van der Waals surface area (Å²) >= 11 is 0. The summed E-state index contributed by atoms with van der Waals surface area (Å²) < 4.78 is 5.44. The molecule has 0 fully saturated rings. The molecular formula is C18H23N3O2. The summed E-state index contributed by atoms with van der Waals surface area (Å²) in [7, 11) is 1.57. The quantitative estimate of drug-likeness (QED) is 0.849. The van der Waals surface area contributed by atoms with E-state index in [9.17, 15) is 4.79 Å². The molecule has 0 aliphatic rings. The van der Waals surface area contributed by atoms with E-state index in [-0.39, 0.29) is 18.0 Å². The first-order chi connectivity index (χ1) is 11.0. The zero-order valence-corrected chi connectivity index (χ0v) is 14.3. The van der Waals surface area contributed by atoms with Crippen molar-refractivity contribution in [2.24, 2.45) is 0 Å². The molecule has 0 atom stereocenters. The third-order valence-electron chi connectivity index (χ3n) is 3.65. The molecule has 2 rings (SSSR count). The van der Waals surface area contributed by atoms with Crippen LogP contribution in [0.15, 0.2) is 36.8 Å². The van der Waals surface area contributed by atoms with Gasteiger partial charge in [0.15, 0.2) is 0 Å². The van der Waals surface area contributed by atoms with Crippen molar-refractivity contribution in [3.05, 3.63) is 42.4 Å². The third-order valence-corrected chi connectivity index (χ3v) is 3.65. The molecule has 0 aliphatic heterocycles. The summed E-state index contributed by atoms with van der Waals surface area (Å²) in [6.07, 6.45) is 4.88. The molecule has 0 bridgehead atoms. The SMILES string of the molecule is COc1cccc(-c2cnccn2)c1C(=O)N(C(C)C)C(C)C. The van der Waals surface area contributed by atoms with Crippen LogP contribution in [0.5, 0.6) is 5.75 Å². The van der Waals surface area contributed by atoms with Gasteiger partial charge in [-0.3, -0.25) is 14.8 Å². The average Bonchev–Trinajstić information content (AvgIpc) is 2.54. The van der Waals surface area contributed by atoms with Crippen LogP contribution >= 0.6 is 0 Å². The van der Waals surface area contributed by atoms with E-state index in [0.717, 1.165) is 5.56 Å². The maximum Gasteiger partial charge on any atom is 0.258 e. The third kappa shape index (κ3) is 3.50. The Kier molecular flexibility index (Phi) is 5.32. The maximum absolute atomic E-state index is 13.2. The van der Waals surface area contributed by atoms with Crippen LogP contribution in [0, 0.1) is 0 Å². The molecule has 5 heteroatoms. The Bertz CT molecular complexity index is 661. The van der Waals surface area contributed by atoms with Gasteiger partial charge in [-0.15, -0.1) is 0 Å². The van der Waals surface area contributed by atoms with Crippen molar-refractivity contribution in [3.8, 4) is 17.0 Å². The first kappa shape index (κ1) is 16.9. The Hall–Kier alpha value is -2.43. The van der Waals surface area contributed by atoms with Crippen molar-refractivity contribution in [1.29, 1.82) is 0 Å².